The van der Waals surface area contributed by atoms with Gasteiger partial charge >= 0.3 is 0 Å². The Balaban J connectivity index is 2.64. The third-order valence-electron chi connectivity index (χ3n) is 1.75. The summed E-state index contributed by atoms with van der Waals surface area (Å²) in [4.78, 5) is 0. The highest BCUT2D eigenvalue weighted by Crippen LogP contribution is 2.31. The van der Waals surface area contributed by atoms with Crippen LogP contribution in [0, 0.1) is 9.39 Å². The van der Waals surface area contributed by atoms with Gasteiger partial charge in [0.2, 0.25) is 0 Å². The van der Waals surface area contributed by atoms with Gasteiger partial charge in [0.25, 0.3) is 0 Å². The lowest BCUT2D eigenvalue weighted by molar-refractivity contribution is 0.339. The number of fused-ring (bicyclic) bond motifs is 1. The Morgan fingerprint density at radius 3 is 3.00 bits per heavy atom. The summed E-state index contributed by atoms with van der Waals surface area (Å²) < 4.78 is 19.2. The number of halogens is 2. The second-order valence-corrected chi connectivity index (χ2v) is 3.60. The normalized spacial score (nSPS) is 14.4. The van der Waals surface area contributed by atoms with Crippen molar-refractivity contribution in [3.8, 4) is 5.75 Å². The van der Waals surface area contributed by atoms with Crippen molar-refractivity contribution >= 4 is 22.6 Å². The van der Waals surface area contributed by atoms with Crippen LogP contribution in [0.4, 0.5) is 4.39 Å². The van der Waals surface area contributed by atoms with Gasteiger partial charge in [0, 0.05) is 15.6 Å². The molecule has 1 aromatic carbocycles. The molecule has 0 aromatic heterocycles. The quantitative estimate of drug-likeness (QED) is 0.653. The van der Waals surface area contributed by atoms with Crippen LogP contribution in [-0.2, 0) is 6.42 Å². The Morgan fingerprint density at radius 2 is 2.27 bits per heavy atom. The van der Waals surface area contributed by atoms with E-state index < -0.39 is 0 Å². The Morgan fingerprint density at radius 1 is 1.45 bits per heavy atom. The van der Waals surface area contributed by atoms with E-state index in [0.717, 1.165) is 15.6 Å². The van der Waals surface area contributed by atoms with E-state index in [4.69, 9.17) is 4.74 Å². The number of hydrogen-bond acceptors (Lipinski definition) is 1. The SMILES string of the molecule is Fc1ccc(I)c2c1OCC2. The molecular formula is C8H6FIO. The maximum atomic E-state index is 12.9. The summed E-state index contributed by atoms with van der Waals surface area (Å²) in [7, 11) is 0. The third-order valence-corrected chi connectivity index (χ3v) is 2.76. The second kappa shape index (κ2) is 2.62. The first-order valence-electron chi connectivity index (χ1n) is 3.39. The van der Waals surface area contributed by atoms with Gasteiger partial charge < -0.3 is 4.74 Å². The second-order valence-electron chi connectivity index (χ2n) is 2.44. The lowest BCUT2D eigenvalue weighted by Gasteiger charge is -2.00. The molecule has 0 atom stereocenters. The van der Waals surface area contributed by atoms with E-state index in [1.54, 1.807) is 6.07 Å². The van der Waals surface area contributed by atoms with E-state index in [2.05, 4.69) is 22.6 Å². The summed E-state index contributed by atoms with van der Waals surface area (Å²) in [5.41, 5.74) is 1.02. The fraction of sp³-hybridized carbons (Fsp3) is 0.250. The van der Waals surface area contributed by atoms with Gasteiger partial charge in [0.05, 0.1) is 6.61 Å². The molecule has 0 aliphatic carbocycles. The monoisotopic (exact) mass is 264 g/mol. The Labute approximate surface area is 77.7 Å². The summed E-state index contributed by atoms with van der Waals surface area (Å²) in [5.74, 6) is 0.217. The van der Waals surface area contributed by atoms with Crippen LogP contribution in [0.15, 0.2) is 12.1 Å². The van der Waals surface area contributed by atoms with Crippen molar-refractivity contribution in [1.29, 1.82) is 0 Å². The van der Waals surface area contributed by atoms with Crippen LogP contribution >= 0.6 is 22.6 Å². The molecule has 1 heterocycles. The number of rotatable bonds is 0. The molecule has 1 aliphatic heterocycles. The van der Waals surface area contributed by atoms with Gasteiger partial charge in [-0.05, 0) is 34.7 Å². The summed E-state index contributed by atoms with van der Waals surface area (Å²) >= 11 is 2.20. The maximum Gasteiger partial charge on any atom is 0.165 e. The smallest absolute Gasteiger partial charge is 0.165 e. The molecule has 58 valence electrons. The standard InChI is InChI=1S/C8H6FIO/c9-6-1-2-7(10)5-3-4-11-8(5)6/h1-2H,3-4H2. The van der Waals surface area contributed by atoms with Gasteiger partial charge in [0.1, 0.15) is 0 Å². The van der Waals surface area contributed by atoms with E-state index in [1.807, 2.05) is 0 Å². The molecule has 0 saturated heterocycles. The fourth-order valence-electron chi connectivity index (χ4n) is 1.22. The minimum atomic E-state index is -0.238. The topological polar surface area (TPSA) is 9.23 Å². The largest absolute Gasteiger partial charge is 0.490 e. The highest BCUT2D eigenvalue weighted by Gasteiger charge is 2.18. The molecule has 0 N–H and O–H groups in total. The minimum Gasteiger partial charge on any atom is -0.490 e. The molecule has 0 bridgehead atoms. The summed E-state index contributed by atoms with van der Waals surface area (Å²) in [6.45, 7) is 0.617. The molecule has 1 aromatic rings. The third kappa shape index (κ3) is 1.11. The molecular weight excluding hydrogens is 258 g/mol. The molecule has 0 unspecified atom stereocenters. The van der Waals surface area contributed by atoms with Crippen molar-refractivity contribution in [2.24, 2.45) is 0 Å². The van der Waals surface area contributed by atoms with E-state index in [-0.39, 0.29) is 5.82 Å². The van der Waals surface area contributed by atoms with Crippen LogP contribution in [0.25, 0.3) is 0 Å². The van der Waals surface area contributed by atoms with Gasteiger partial charge in [0.15, 0.2) is 11.6 Å². The maximum absolute atomic E-state index is 12.9. The molecule has 0 spiro atoms. The zero-order valence-electron chi connectivity index (χ0n) is 5.73. The van der Waals surface area contributed by atoms with Crippen LogP contribution in [0.1, 0.15) is 5.56 Å². The van der Waals surface area contributed by atoms with Gasteiger partial charge in [-0.15, -0.1) is 0 Å². The van der Waals surface area contributed by atoms with E-state index in [0.29, 0.717) is 12.4 Å². The number of hydrogen-bond donors (Lipinski definition) is 0. The summed E-state index contributed by atoms with van der Waals surface area (Å²) in [5, 5.41) is 0. The minimum absolute atomic E-state index is 0.238. The van der Waals surface area contributed by atoms with Crippen LogP contribution in [0.2, 0.25) is 0 Å². The van der Waals surface area contributed by atoms with Crippen LogP contribution in [0.5, 0.6) is 5.75 Å². The Hall–Kier alpha value is -0.320. The van der Waals surface area contributed by atoms with Gasteiger partial charge in [-0.25, -0.2) is 4.39 Å². The molecule has 1 nitrogen and oxygen atoms in total. The predicted molar refractivity (Wildman–Crippen MR) is 48.3 cm³/mol. The van der Waals surface area contributed by atoms with Gasteiger partial charge in [-0.1, -0.05) is 0 Å². The number of ether oxygens (including phenoxy) is 1. The highest BCUT2D eigenvalue weighted by atomic mass is 127. The van der Waals surface area contributed by atoms with Crippen molar-refractivity contribution in [3.63, 3.8) is 0 Å². The average Bonchev–Trinajstić information content (AvgIpc) is 2.45. The van der Waals surface area contributed by atoms with Gasteiger partial charge in [-0.2, -0.15) is 0 Å². The van der Waals surface area contributed by atoms with Crippen molar-refractivity contribution in [2.75, 3.05) is 6.61 Å². The molecule has 0 fully saturated rings. The highest BCUT2D eigenvalue weighted by molar-refractivity contribution is 14.1. The van der Waals surface area contributed by atoms with E-state index in [1.165, 1.54) is 6.07 Å². The lowest BCUT2D eigenvalue weighted by Crippen LogP contribution is -1.88. The first kappa shape index (κ1) is 7.34. The van der Waals surface area contributed by atoms with Crippen molar-refractivity contribution in [1.82, 2.24) is 0 Å². The summed E-state index contributed by atoms with van der Waals surface area (Å²) in [6, 6.07) is 3.23. The van der Waals surface area contributed by atoms with Crippen LogP contribution in [0.3, 0.4) is 0 Å². The molecule has 11 heavy (non-hydrogen) atoms. The van der Waals surface area contributed by atoms with Crippen molar-refractivity contribution in [3.05, 3.63) is 27.1 Å². The van der Waals surface area contributed by atoms with Crippen LogP contribution in [-0.4, -0.2) is 6.61 Å². The molecule has 0 radical (unpaired) electrons. The van der Waals surface area contributed by atoms with Crippen LogP contribution < -0.4 is 4.74 Å². The first-order valence-corrected chi connectivity index (χ1v) is 4.46. The fourth-order valence-corrected chi connectivity index (χ4v) is 1.91. The van der Waals surface area contributed by atoms with Crippen molar-refractivity contribution < 1.29 is 9.13 Å². The Kier molecular flexibility index (Phi) is 1.75. The van der Waals surface area contributed by atoms with E-state index in [9.17, 15) is 4.39 Å². The Bertz CT molecular complexity index is 269. The lowest BCUT2D eigenvalue weighted by atomic mass is 10.2. The number of benzene rings is 1. The summed E-state index contributed by atoms with van der Waals surface area (Å²) in [6.07, 6.45) is 0.839. The molecule has 1 aliphatic rings. The zero-order valence-corrected chi connectivity index (χ0v) is 7.89. The van der Waals surface area contributed by atoms with E-state index >= 15 is 0 Å². The molecule has 3 heteroatoms. The first-order chi connectivity index (χ1) is 5.29. The van der Waals surface area contributed by atoms with Gasteiger partial charge in [-0.3, -0.25) is 0 Å². The molecule has 2 rings (SSSR count). The molecule has 0 amide bonds. The molecule has 0 saturated carbocycles. The average molecular weight is 264 g/mol. The van der Waals surface area contributed by atoms with Crippen molar-refractivity contribution in [2.45, 2.75) is 6.42 Å². The predicted octanol–water partition coefficient (Wildman–Crippen LogP) is 2.37. The zero-order chi connectivity index (χ0) is 7.84.